The van der Waals surface area contributed by atoms with Crippen LogP contribution in [0.4, 0.5) is 5.69 Å². The average Bonchev–Trinajstić information content (AvgIpc) is 2.71. The van der Waals surface area contributed by atoms with Gasteiger partial charge in [-0.25, -0.2) is 8.42 Å². The van der Waals surface area contributed by atoms with Gasteiger partial charge in [0.1, 0.15) is 6.04 Å². The minimum atomic E-state index is -3.70. The Morgan fingerprint density at radius 2 is 1.77 bits per heavy atom. The van der Waals surface area contributed by atoms with Gasteiger partial charge in [0.05, 0.1) is 11.9 Å². The first kappa shape index (κ1) is 22.1. The van der Waals surface area contributed by atoms with Gasteiger partial charge in [0.15, 0.2) is 0 Å². The Bertz CT molecular complexity index is 1180. The highest BCUT2D eigenvalue weighted by Crippen LogP contribution is 2.27. The molecule has 0 aliphatic carbocycles. The van der Waals surface area contributed by atoms with Crippen LogP contribution >= 0.6 is 11.6 Å². The van der Waals surface area contributed by atoms with Crippen molar-refractivity contribution in [1.29, 1.82) is 0 Å². The van der Waals surface area contributed by atoms with E-state index in [1.807, 2.05) is 49.4 Å². The molecule has 0 aliphatic rings. The monoisotopic (exact) mass is 444 g/mol. The first-order chi connectivity index (χ1) is 14.2. The summed E-state index contributed by atoms with van der Waals surface area (Å²) in [5.41, 5.74) is 2.16. The van der Waals surface area contributed by atoms with Gasteiger partial charge in [0.25, 0.3) is 0 Å². The van der Waals surface area contributed by atoms with E-state index in [0.717, 1.165) is 32.5 Å². The highest BCUT2D eigenvalue weighted by molar-refractivity contribution is 7.92. The number of halogens is 1. The van der Waals surface area contributed by atoms with Crippen molar-refractivity contribution >= 4 is 44.0 Å². The molecular weight excluding hydrogens is 420 g/mol. The van der Waals surface area contributed by atoms with Crippen molar-refractivity contribution in [2.75, 3.05) is 10.6 Å². The molecule has 0 saturated heterocycles. The SMILES string of the molecule is CCC(C(=O)NCc1ccc2ccccc2c1)N(c1ccc(C)c(Cl)c1)S(C)(=O)=O. The van der Waals surface area contributed by atoms with E-state index in [-0.39, 0.29) is 5.91 Å². The lowest BCUT2D eigenvalue weighted by atomic mass is 10.1. The minimum Gasteiger partial charge on any atom is -0.350 e. The molecular formula is C23H25ClN2O3S. The Labute approximate surface area is 182 Å². The predicted molar refractivity (Wildman–Crippen MR) is 123 cm³/mol. The van der Waals surface area contributed by atoms with Crippen LogP contribution in [0, 0.1) is 6.92 Å². The fraction of sp³-hybridized carbons (Fsp3) is 0.261. The van der Waals surface area contributed by atoms with Crippen molar-refractivity contribution in [3.63, 3.8) is 0 Å². The summed E-state index contributed by atoms with van der Waals surface area (Å²) in [6.07, 6.45) is 1.42. The molecule has 0 spiro atoms. The van der Waals surface area contributed by atoms with Gasteiger partial charge in [0.2, 0.25) is 15.9 Å². The number of fused-ring (bicyclic) bond motifs is 1. The quantitative estimate of drug-likeness (QED) is 0.576. The topological polar surface area (TPSA) is 66.5 Å². The van der Waals surface area contributed by atoms with Crippen LogP contribution in [0.1, 0.15) is 24.5 Å². The van der Waals surface area contributed by atoms with E-state index in [1.54, 1.807) is 25.1 Å². The van der Waals surface area contributed by atoms with Crippen molar-refractivity contribution in [3.8, 4) is 0 Å². The second kappa shape index (κ2) is 9.06. The van der Waals surface area contributed by atoms with E-state index < -0.39 is 16.1 Å². The molecule has 158 valence electrons. The molecule has 30 heavy (non-hydrogen) atoms. The molecule has 1 amide bonds. The summed E-state index contributed by atoms with van der Waals surface area (Å²) in [5, 5.41) is 5.55. The van der Waals surface area contributed by atoms with Gasteiger partial charge in [0, 0.05) is 11.6 Å². The number of nitrogens with zero attached hydrogens (tertiary/aromatic N) is 1. The van der Waals surface area contributed by atoms with Crippen LogP contribution in [-0.2, 0) is 21.4 Å². The molecule has 0 aliphatic heterocycles. The molecule has 3 aromatic carbocycles. The number of carbonyl (C=O) groups is 1. The molecule has 1 atom stereocenters. The van der Waals surface area contributed by atoms with E-state index in [9.17, 15) is 13.2 Å². The first-order valence-electron chi connectivity index (χ1n) is 9.71. The number of amides is 1. The van der Waals surface area contributed by atoms with Crippen LogP contribution in [0.15, 0.2) is 60.7 Å². The van der Waals surface area contributed by atoms with Crippen LogP contribution in [0.3, 0.4) is 0 Å². The first-order valence-corrected chi connectivity index (χ1v) is 11.9. The molecule has 1 N–H and O–H groups in total. The van der Waals surface area contributed by atoms with E-state index in [4.69, 9.17) is 11.6 Å². The highest BCUT2D eigenvalue weighted by Gasteiger charge is 2.31. The lowest BCUT2D eigenvalue weighted by Crippen LogP contribution is -2.49. The number of benzene rings is 3. The number of aryl methyl sites for hydroxylation is 1. The Kier molecular flexibility index (Phi) is 6.68. The van der Waals surface area contributed by atoms with Gasteiger partial charge in [-0.1, -0.05) is 61.0 Å². The number of rotatable bonds is 7. The number of hydrogen-bond donors (Lipinski definition) is 1. The van der Waals surface area contributed by atoms with E-state index >= 15 is 0 Å². The van der Waals surface area contributed by atoms with Gasteiger partial charge in [-0.3, -0.25) is 9.10 Å². The number of hydrogen-bond acceptors (Lipinski definition) is 3. The third-order valence-corrected chi connectivity index (χ3v) is 6.61. The van der Waals surface area contributed by atoms with Crippen LogP contribution in [0.25, 0.3) is 10.8 Å². The van der Waals surface area contributed by atoms with E-state index in [2.05, 4.69) is 5.32 Å². The highest BCUT2D eigenvalue weighted by atomic mass is 35.5. The molecule has 0 radical (unpaired) electrons. The number of carbonyl (C=O) groups excluding carboxylic acids is 1. The molecule has 1 unspecified atom stereocenters. The van der Waals surface area contributed by atoms with Crippen LogP contribution < -0.4 is 9.62 Å². The standard InChI is InChI=1S/C23H25ClN2O3S/c1-4-22(26(30(3,28)29)20-12-9-16(2)21(24)14-20)23(27)25-15-17-10-11-18-7-5-6-8-19(18)13-17/h5-14,22H,4,15H2,1-3H3,(H,25,27). The zero-order valence-electron chi connectivity index (χ0n) is 17.2. The maximum atomic E-state index is 13.0. The zero-order valence-corrected chi connectivity index (χ0v) is 18.8. The largest absolute Gasteiger partial charge is 0.350 e. The number of nitrogens with one attached hydrogen (secondary N) is 1. The van der Waals surface area contributed by atoms with Gasteiger partial charge >= 0.3 is 0 Å². The van der Waals surface area contributed by atoms with Gasteiger partial charge in [-0.2, -0.15) is 0 Å². The summed E-state index contributed by atoms with van der Waals surface area (Å²) in [7, 11) is -3.70. The molecule has 0 aromatic heterocycles. The maximum absolute atomic E-state index is 13.0. The van der Waals surface area contributed by atoms with Crippen LogP contribution in [-0.4, -0.2) is 26.6 Å². The van der Waals surface area contributed by atoms with Crippen molar-refractivity contribution < 1.29 is 13.2 Å². The molecule has 0 heterocycles. The van der Waals surface area contributed by atoms with Crippen molar-refractivity contribution in [2.45, 2.75) is 32.9 Å². The lowest BCUT2D eigenvalue weighted by Gasteiger charge is -2.30. The minimum absolute atomic E-state index is 0.312. The zero-order chi connectivity index (χ0) is 21.9. The Morgan fingerprint density at radius 1 is 1.07 bits per heavy atom. The van der Waals surface area contributed by atoms with E-state index in [0.29, 0.717) is 23.7 Å². The summed E-state index contributed by atoms with van der Waals surface area (Å²) in [6, 6.07) is 18.1. The molecule has 0 bridgehead atoms. The van der Waals surface area contributed by atoms with Gasteiger partial charge in [-0.15, -0.1) is 0 Å². The normalized spacial score (nSPS) is 12.5. The molecule has 3 aromatic rings. The van der Waals surface area contributed by atoms with E-state index in [1.165, 1.54) is 0 Å². The predicted octanol–water partition coefficient (Wildman–Crippen LogP) is 4.66. The van der Waals surface area contributed by atoms with Crippen molar-refractivity contribution in [3.05, 3.63) is 76.8 Å². The van der Waals surface area contributed by atoms with Crippen LogP contribution in [0.2, 0.25) is 5.02 Å². The van der Waals surface area contributed by atoms with Crippen molar-refractivity contribution in [2.24, 2.45) is 0 Å². The Hall–Kier alpha value is -2.57. The molecule has 7 heteroatoms. The number of sulfonamides is 1. The van der Waals surface area contributed by atoms with Gasteiger partial charge in [-0.05, 0) is 53.4 Å². The second-order valence-electron chi connectivity index (χ2n) is 7.32. The summed E-state index contributed by atoms with van der Waals surface area (Å²) in [5.74, 6) is -0.354. The maximum Gasteiger partial charge on any atom is 0.244 e. The molecule has 3 rings (SSSR count). The summed E-state index contributed by atoms with van der Waals surface area (Å²) >= 11 is 6.20. The average molecular weight is 445 g/mol. The third-order valence-electron chi connectivity index (χ3n) is 5.02. The number of anilines is 1. The molecule has 0 fully saturated rings. The Morgan fingerprint density at radius 3 is 2.40 bits per heavy atom. The second-order valence-corrected chi connectivity index (χ2v) is 9.58. The smallest absolute Gasteiger partial charge is 0.244 e. The van der Waals surface area contributed by atoms with Crippen LogP contribution in [0.5, 0.6) is 0 Å². The fourth-order valence-corrected chi connectivity index (χ4v) is 4.81. The summed E-state index contributed by atoms with van der Waals surface area (Å²) in [6.45, 7) is 3.94. The third kappa shape index (κ3) is 4.94. The summed E-state index contributed by atoms with van der Waals surface area (Å²) in [4.78, 5) is 13.0. The summed E-state index contributed by atoms with van der Waals surface area (Å²) < 4.78 is 26.3. The lowest BCUT2D eigenvalue weighted by molar-refractivity contribution is -0.122. The fourth-order valence-electron chi connectivity index (χ4n) is 3.43. The Balaban J connectivity index is 1.83. The molecule has 0 saturated carbocycles. The molecule has 5 nitrogen and oxygen atoms in total. The van der Waals surface area contributed by atoms with Crippen molar-refractivity contribution in [1.82, 2.24) is 5.32 Å². The van der Waals surface area contributed by atoms with Gasteiger partial charge < -0.3 is 5.32 Å².